The minimum atomic E-state index is -2.02. The summed E-state index contributed by atoms with van der Waals surface area (Å²) < 4.78 is 11.3. The lowest BCUT2D eigenvalue weighted by Gasteiger charge is -2.74. The second kappa shape index (κ2) is 5.69. The number of hydrogen-bond acceptors (Lipinski definition) is 7. The van der Waals surface area contributed by atoms with Crippen LogP contribution in [0.15, 0.2) is 12.2 Å². The van der Waals surface area contributed by atoms with Crippen molar-refractivity contribution in [1.82, 2.24) is 0 Å². The van der Waals surface area contributed by atoms with Crippen LogP contribution in [0.25, 0.3) is 0 Å². The Kier molecular flexibility index (Phi) is 3.86. The van der Waals surface area contributed by atoms with Gasteiger partial charge in [0.15, 0.2) is 5.78 Å². The van der Waals surface area contributed by atoms with Gasteiger partial charge in [-0.3, -0.25) is 9.59 Å². The summed E-state index contributed by atoms with van der Waals surface area (Å²) in [7, 11) is 0. The van der Waals surface area contributed by atoms with Gasteiger partial charge in [-0.2, -0.15) is 0 Å². The van der Waals surface area contributed by atoms with Crippen LogP contribution in [0.4, 0.5) is 0 Å². The van der Waals surface area contributed by atoms with E-state index in [1.54, 1.807) is 0 Å². The first-order valence-corrected chi connectivity index (χ1v) is 10.6. The standard InChI is InChI=1S/C22H30O7/c1-11-13-4-5-14-20-10-29-22(27,21(14,8-13)17(11)25)18(26)16(20)19(3,7-6-15(20)24)9-28-12(2)23/h13-16,18,24,26-27H,1,4-10H2,2-3H3/t13-,14+,15-,16-,18+,19?,20-,21+,22-/m1/s1. The largest absolute Gasteiger partial charge is 0.465 e. The summed E-state index contributed by atoms with van der Waals surface area (Å²) in [5.74, 6) is -3.52. The van der Waals surface area contributed by atoms with Crippen molar-refractivity contribution in [3.8, 4) is 0 Å². The topological polar surface area (TPSA) is 113 Å². The lowest BCUT2D eigenvalue weighted by Crippen LogP contribution is -2.84. The van der Waals surface area contributed by atoms with Crippen molar-refractivity contribution in [3.05, 3.63) is 12.2 Å². The number of allylic oxidation sites excluding steroid dienone is 1. The summed E-state index contributed by atoms with van der Waals surface area (Å²) in [4.78, 5) is 24.9. The molecule has 4 bridgehead atoms. The predicted molar refractivity (Wildman–Crippen MR) is 100 cm³/mol. The molecular formula is C22H30O7. The van der Waals surface area contributed by atoms with E-state index in [9.17, 15) is 24.9 Å². The Morgan fingerprint density at radius 1 is 1.31 bits per heavy atom. The number of rotatable bonds is 2. The molecule has 29 heavy (non-hydrogen) atoms. The smallest absolute Gasteiger partial charge is 0.302 e. The SMILES string of the molecule is C=C1C(=O)[C@]23C[C@H]1CC[C@H]2[C@@]12CO[C@]3(O)[C@@H](O)[C@@H]1C(C)(COC(C)=O)CC[C@H]2O. The molecule has 6 aliphatic rings. The van der Waals surface area contributed by atoms with E-state index in [1.807, 2.05) is 6.92 Å². The Labute approximate surface area is 170 Å². The van der Waals surface area contributed by atoms with Crippen molar-refractivity contribution in [2.75, 3.05) is 13.2 Å². The number of aliphatic hydroxyl groups is 3. The molecule has 0 aromatic heterocycles. The van der Waals surface area contributed by atoms with E-state index in [2.05, 4.69) is 6.58 Å². The van der Waals surface area contributed by atoms with E-state index in [0.717, 1.165) is 6.42 Å². The van der Waals surface area contributed by atoms with Gasteiger partial charge < -0.3 is 24.8 Å². The number of aliphatic hydroxyl groups excluding tert-OH is 2. The van der Waals surface area contributed by atoms with Gasteiger partial charge >= 0.3 is 5.97 Å². The minimum absolute atomic E-state index is 0.0130. The van der Waals surface area contributed by atoms with Crippen LogP contribution < -0.4 is 0 Å². The molecule has 7 heteroatoms. The van der Waals surface area contributed by atoms with E-state index < -0.39 is 46.1 Å². The van der Waals surface area contributed by atoms with Crippen LogP contribution in [0.3, 0.4) is 0 Å². The summed E-state index contributed by atoms with van der Waals surface area (Å²) in [6.07, 6.45) is 0.743. The molecule has 6 rings (SSSR count). The van der Waals surface area contributed by atoms with Gasteiger partial charge in [0.25, 0.3) is 0 Å². The monoisotopic (exact) mass is 406 g/mol. The van der Waals surface area contributed by atoms with Gasteiger partial charge in [-0.1, -0.05) is 13.5 Å². The number of carbonyl (C=O) groups is 2. The van der Waals surface area contributed by atoms with Crippen molar-refractivity contribution >= 4 is 11.8 Å². The molecule has 3 N–H and O–H groups in total. The van der Waals surface area contributed by atoms with Gasteiger partial charge in [-0.05, 0) is 49.5 Å². The van der Waals surface area contributed by atoms with Crippen LogP contribution in [-0.2, 0) is 19.1 Å². The number of ketones is 1. The first-order valence-electron chi connectivity index (χ1n) is 10.6. The number of esters is 1. The molecule has 1 unspecified atom stereocenters. The zero-order valence-electron chi connectivity index (χ0n) is 17.0. The van der Waals surface area contributed by atoms with E-state index in [-0.39, 0.29) is 30.8 Å². The quantitative estimate of drug-likeness (QED) is 0.462. The lowest BCUT2D eigenvalue weighted by atomic mass is 9.36. The van der Waals surface area contributed by atoms with Gasteiger partial charge in [-0.25, -0.2) is 0 Å². The number of Topliss-reactive ketones (excluding diaryl/α,β-unsaturated/α-hetero) is 1. The molecule has 0 aromatic carbocycles. The summed E-state index contributed by atoms with van der Waals surface area (Å²) in [5, 5.41) is 34.6. The van der Waals surface area contributed by atoms with E-state index in [1.165, 1.54) is 6.92 Å². The van der Waals surface area contributed by atoms with Gasteiger partial charge in [0.2, 0.25) is 5.79 Å². The maximum atomic E-state index is 13.4. The molecule has 4 saturated carbocycles. The highest BCUT2D eigenvalue weighted by molar-refractivity contribution is 6.04. The maximum Gasteiger partial charge on any atom is 0.302 e. The second-order valence-electron chi connectivity index (χ2n) is 10.4. The third kappa shape index (κ3) is 1.98. The average Bonchev–Trinajstić information content (AvgIpc) is 2.87. The first kappa shape index (κ1) is 19.7. The molecule has 0 radical (unpaired) electrons. The number of hydrogen-bond donors (Lipinski definition) is 3. The van der Waals surface area contributed by atoms with Crippen molar-refractivity contribution in [1.29, 1.82) is 0 Å². The van der Waals surface area contributed by atoms with Crippen LogP contribution in [0.2, 0.25) is 0 Å². The Balaban J connectivity index is 1.69. The van der Waals surface area contributed by atoms with Crippen LogP contribution in [0.1, 0.15) is 46.0 Å². The van der Waals surface area contributed by atoms with Crippen molar-refractivity contribution in [3.63, 3.8) is 0 Å². The molecule has 7 nitrogen and oxygen atoms in total. The fourth-order valence-electron chi connectivity index (χ4n) is 8.08. The van der Waals surface area contributed by atoms with Crippen LogP contribution in [0, 0.1) is 34.0 Å². The van der Waals surface area contributed by atoms with E-state index in [0.29, 0.717) is 31.3 Å². The fraction of sp³-hybridized carbons (Fsp3) is 0.818. The highest BCUT2D eigenvalue weighted by Gasteiger charge is 2.84. The zero-order chi connectivity index (χ0) is 21.0. The summed E-state index contributed by atoms with van der Waals surface area (Å²) >= 11 is 0. The summed E-state index contributed by atoms with van der Waals surface area (Å²) in [6.45, 7) is 7.44. The molecule has 2 heterocycles. The van der Waals surface area contributed by atoms with E-state index >= 15 is 0 Å². The number of ether oxygens (including phenoxy) is 2. The highest BCUT2D eigenvalue weighted by Crippen LogP contribution is 2.76. The van der Waals surface area contributed by atoms with Crippen molar-refractivity contribution in [2.45, 2.75) is 63.9 Å². The number of carbonyl (C=O) groups excluding carboxylic acids is 2. The Morgan fingerprint density at radius 3 is 2.72 bits per heavy atom. The zero-order valence-corrected chi connectivity index (χ0v) is 17.0. The molecule has 2 aliphatic heterocycles. The van der Waals surface area contributed by atoms with Crippen LogP contribution in [-0.4, -0.2) is 58.3 Å². The summed E-state index contributed by atoms with van der Waals surface area (Å²) in [6, 6.07) is 0. The third-order valence-corrected chi connectivity index (χ3v) is 9.25. The van der Waals surface area contributed by atoms with Crippen molar-refractivity contribution in [2.24, 2.45) is 34.0 Å². The third-order valence-electron chi connectivity index (χ3n) is 9.25. The first-order chi connectivity index (χ1) is 13.5. The molecular weight excluding hydrogens is 376 g/mol. The molecule has 6 fully saturated rings. The average molecular weight is 406 g/mol. The molecule has 160 valence electrons. The molecule has 0 aromatic rings. The Hall–Kier alpha value is -1.28. The maximum absolute atomic E-state index is 13.4. The molecule has 9 atom stereocenters. The van der Waals surface area contributed by atoms with E-state index in [4.69, 9.17) is 9.47 Å². The van der Waals surface area contributed by atoms with Gasteiger partial charge in [0.05, 0.1) is 24.7 Å². The predicted octanol–water partition coefficient (Wildman–Crippen LogP) is 0.948. The normalized spacial score (nSPS) is 55.4. The molecule has 0 amide bonds. The highest BCUT2D eigenvalue weighted by atomic mass is 16.6. The van der Waals surface area contributed by atoms with Crippen LogP contribution >= 0.6 is 0 Å². The molecule has 2 saturated heterocycles. The van der Waals surface area contributed by atoms with Crippen LogP contribution in [0.5, 0.6) is 0 Å². The second-order valence-corrected chi connectivity index (χ2v) is 10.4. The Bertz CT molecular complexity index is 809. The Morgan fingerprint density at radius 2 is 2.03 bits per heavy atom. The van der Waals surface area contributed by atoms with Gasteiger partial charge in [0.1, 0.15) is 6.10 Å². The van der Waals surface area contributed by atoms with Crippen molar-refractivity contribution < 1.29 is 34.4 Å². The minimum Gasteiger partial charge on any atom is -0.465 e. The van der Waals surface area contributed by atoms with Gasteiger partial charge in [-0.15, -0.1) is 0 Å². The number of fused-ring (bicyclic) bond motifs is 2. The van der Waals surface area contributed by atoms with Gasteiger partial charge in [0, 0.05) is 23.7 Å². The molecule has 4 aliphatic carbocycles. The molecule has 2 spiro atoms. The fourth-order valence-corrected chi connectivity index (χ4v) is 8.08. The summed E-state index contributed by atoms with van der Waals surface area (Å²) in [5.41, 5.74) is -2.27. The lowest BCUT2D eigenvalue weighted by molar-refractivity contribution is -0.450.